The molecule has 0 radical (unpaired) electrons. The number of aryl methyl sites for hydroxylation is 1. The highest BCUT2D eigenvalue weighted by atomic mass is 16.5. The van der Waals surface area contributed by atoms with E-state index in [1.54, 1.807) is 24.3 Å². The number of rotatable bonds is 7. The van der Waals surface area contributed by atoms with Gasteiger partial charge in [0.1, 0.15) is 23.0 Å². The van der Waals surface area contributed by atoms with E-state index in [0.29, 0.717) is 30.3 Å². The average Bonchev–Trinajstić information content (AvgIpc) is 3.17. The van der Waals surface area contributed by atoms with Crippen LogP contribution in [0.15, 0.2) is 72.3 Å². The van der Waals surface area contributed by atoms with Crippen LogP contribution in [0.2, 0.25) is 0 Å². The molecule has 7 heteroatoms. The number of aliphatic hydroxyl groups excluding tert-OH is 1. The standard InChI is InChI=1S/C31H31NO6/c1-19(2)18-38-25-12-5-20(6-13-25)17-32-28(21-7-10-24(33)11-8-21)27(30(35)31(32)36)29(34)23-9-14-26-22(16-23)4-3-15-37-26/h5-14,16,19,28,33-34H,3-4,15,17-18H2,1-2H3/b29-27-. The van der Waals surface area contributed by atoms with Crippen LogP contribution in [-0.2, 0) is 22.6 Å². The van der Waals surface area contributed by atoms with Gasteiger partial charge in [0.2, 0.25) is 0 Å². The molecule has 1 unspecified atom stereocenters. The number of carbonyl (C=O) groups excluding carboxylic acids is 2. The summed E-state index contributed by atoms with van der Waals surface area (Å²) in [7, 11) is 0. The van der Waals surface area contributed by atoms with E-state index < -0.39 is 17.7 Å². The number of aromatic hydroxyl groups is 1. The fraction of sp³-hybridized carbons (Fsp3) is 0.290. The van der Waals surface area contributed by atoms with Gasteiger partial charge in [0.05, 0.1) is 24.8 Å². The number of nitrogens with zero attached hydrogens (tertiary/aromatic N) is 1. The number of hydrogen-bond donors (Lipinski definition) is 2. The SMILES string of the molecule is CC(C)COc1ccc(CN2C(=O)C(=O)/C(=C(\O)c3ccc4c(c3)CCCO4)C2c2ccc(O)cc2)cc1. The second-order valence-corrected chi connectivity index (χ2v) is 10.1. The lowest BCUT2D eigenvalue weighted by Crippen LogP contribution is -2.29. The van der Waals surface area contributed by atoms with Crippen LogP contribution in [0.4, 0.5) is 0 Å². The first-order valence-electron chi connectivity index (χ1n) is 12.9. The zero-order valence-corrected chi connectivity index (χ0v) is 21.5. The molecule has 38 heavy (non-hydrogen) atoms. The van der Waals surface area contributed by atoms with Gasteiger partial charge in [-0.3, -0.25) is 9.59 Å². The maximum atomic E-state index is 13.4. The number of phenolic OH excluding ortho intramolecular Hbond substituents is 1. The second kappa shape index (κ2) is 10.6. The minimum absolute atomic E-state index is 0.0225. The van der Waals surface area contributed by atoms with Crippen molar-refractivity contribution in [2.24, 2.45) is 5.92 Å². The zero-order valence-electron chi connectivity index (χ0n) is 21.5. The van der Waals surface area contributed by atoms with Crippen molar-refractivity contribution in [2.45, 2.75) is 39.3 Å². The van der Waals surface area contributed by atoms with Crippen molar-refractivity contribution in [2.75, 3.05) is 13.2 Å². The number of aliphatic hydroxyl groups is 1. The molecule has 0 aliphatic carbocycles. The molecule has 1 fully saturated rings. The molecule has 3 aromatic rings. The van der Waals surface area contributed by atoms with Crippen molar-refractivity contribution >= 4 is 17.4 Å². The summed E-state index contributed by atoms with van der Waals surface area (Å²) in [5.41, 5.74) is 2.87. The largest absolute Gasteiger partial charge is 0.508 e. The third kappa shape index (κ3) is 5.09. The van der Waals surface area contributed by atoms with E-state index in [2.05, 4.69) is 13.8 Å². The van der Waals surface area contributed by atoms with Gasteiger partial charge in [-0.2, -0.15) is 0 Å². The van der Waals surface area contributed by atoms with Gasteiger partial charge in [-0.25, -0.2) is 0 Å². The summed E-state index contributed by atoms with van der Waals surface area (Å²) in [6.45, 7) is 5.56. The van der Waals surface area contributed by atoms with Gasteiger partial charge in [0.25, 0.3) is 11.7 Å². The zero-order chi connectivity index (χ0) is 26.8. The summed E-state index contributed by atoms with van der Waals surface area (Å²) in [5, 5.41) is 21.2. The molecule has 0 saturated carbocycles. The third-order valence-corrected chi connectivity index (χ3v) is 6.79. The molecular formula is C31H31NO6. The molecule has 1 atom stereocenters. The molecule has 2 heterocycles. The van der Waals surface area contributed by atoms with Crippen LogP contribution >= 0.6 is 0 Å². The fourth-order valence-electron chi connectivity index (χ4n) is 4.86. The van der Waals surface area contributed by atoms with Crippen LogP contribution in [0, 0.1) is 5.92 Å². The number of ketones is 1. The van der Waals surface area contributed by atoms with Gasteiger partial charge < -0.3 is 24.6 Å². The number of phenols is 1. The maximum absolute atomic E-state index is 13.4. The number of hydrogen-bond acceptors (Lipinski definition) is 6. The predicted octanol–water partition coefficient (Wildman–Crippen LogP) is 5.37. The maximum Gasteiger partial charge on any atom is 0.295 e. The summed E-state index contributed by atoms with van der Waals surface area (Å²) < 4.78 is 11.4. The third-order valence-electron chi connectivity index (χ3n) is 6.79. The molecule has 3 aromatic carbocycles. The Kier molecular flexibility index (Phi) is 7.09. The van der Waals surface area contributed by atoms with Crippen LogP contribution in [0.5, 0.6) is 17.2 Å². The number of ether oxygens (including phenoxy) is 2. The van der Waals surface area contributed by atoms with Crippen molar-refractivity contribution in [3.63, 3.8) is 0 Å². The number of carbonyl (C=O) groups is 2. The number of Topliss-reactive ketones (excluding diaryl/α,β-unsaturated/α-hetero) is 1. The van der Waals surface area contributed by atoms with E-state index in [9.17, 15) is 19.8 Å². The number of benzene rings is 3. The summed E-state index contributed by atoms with van der Waals surface area (Å²) in [4.78, 5) is 28.1. The highest BCUT2D eigenvalue weighted by Gasteiger charge is 2.46. The smallest absolute Gasteiger partial charge is 0.295 e. The van der Waals surface area contributed by atoms with Gasteiger partial charge in [0, 0.05) is 12.1 Å². The monoisotopic (exact) mass is 513 g/mol. The number of likely N-dealkylation sites (tertiary alicyclic amines) is 1. The van der Waals surface area contributed by atoms with Crippen LogP contribution in [-0.4, -0.2) is 40.0 Å². The fourth-order valence-corrected chi connectivity index (χ4v) is 4.86. The summed E-state index contributed by atoms with van der Waals surface area (Å²) >= 11 is 0. The van der Waals surface area contributed by atoms with Crippen LogP contribution in [0.25, 0.3) is 5.76 Å². The van der Waals surface area contributed by atoms with Gasteiger partial charge in [-0.15, -0.1) is 0 Å². The molecule has 0 bridgehead atoms. The lowest BCUT2D eigenvalue weighted by molar-refractivity contribution is -0.140. The molecule has 2 aliphatic heterocycles. The van der Waals surface area contributed by atoms with Crippen molar-refractivity contribution < 1.29 is 29.3 Å². The van der Waals surface area contributed by atoms with E-state index in [1.165, 1.54) is 17.0 Å². The van der Waals surface area contributed by atoms with Crippen LogP contribution < -0.4 is 9.47 Å². The van der Waals surface area contributed by atoms with Crippen molar-refractivity contribution in [3.8, 4) is 17.2 Å². The first-order valence-corrected chi connectivity index (χ1v) is 12.9. The normalized spacial score (nSPS) is 18.4. The Hall–Kier alpha value is -4.26. The number of amides is 1. The molecule has 2 aliphatic rings. The first kappa shape index (κ1) is 25.4. The molecule has 5 rings (SSSR count). The molecule has 1 saturated heterocycles. The average molecular weight is 514 g/mol. The molecule has 7 nitrogen and oxygen atoms in total. The Morgan fingerprint density at radius 1 is 1.05 bits per heavy atom. The Bertz CT molecular complexity index is 1370. The number of fused-ring (bicyclic) bond motifs is 1. The minimum atomic E-state index is -0.820. The van der Waals surface area contributed by atoms with Gasteiger partial charge in [-0.1, -0.05) is 38.1 Å². The van der Waals surface area contributed by atoms with Crippen LogP contribution in [0.1, 0.15) is 48.6 Å². The van der Waals surface area contributed by atoms with E-state index in [0.717, 1.165) is 35.5 Å². The van der Waals surface area contributed by atoms with Gasteiger partial charge in [0.15, 0.2) is 0 Å². The highest BCUT2D eigenvalue weighted by Crippen LogP contribution is 2.41. The lowest BCUT2D eigenvalue weighted by atomic mass is 9.94. The minimum Gasteiger partial charge on any atom is -0.508 e. The Labute approximate surface area is 221 Å². The Morgan fingerprint density at radius 3 is 2.50 bits per heavy atom. The van der Waals surface area contributed by atoms with Crippen LogP contribution in [0.3, 0.4) is 0 Å². The van der Waals surface area contributed by atoms with Gasteiger partial charge in [-0.05, 0) is 77.9 Å². The van der Waals surface area contributed by atoms with Crippen molar-refractivity contribution in [1.82, 2.24) is 4.90 Å². The molecule has 1 amide bonds. The summed E-state index contributed by atoms with van der Waals surface area (Å²) in [6, 6.07) is 18.3. The van der Waals surface area contributed by atoms with Crippen molar-refractivity contribution in [3.05, 3.63) is 94.6 Å². The van der Waals surface area contributed by atoms with E-state index >= 15 is 0 Å². The molecule has 0 spiro atoms. The predicted molar refractivity (Wildman–Crippen MR) is 143 cm³/mol. The first-order chi connectivity index (χ1) is 18.3. The van der Waals surface area contributed by atoms with E-state index in [-0.39, 0.29) is 23.6 Å². The summed E-state index contributed by atoms with van der Waals surface area (Å²) in [6.07, 6.45) is 1.68. The Morgan fingerprint density at radius 2 is 1.79 bits per heavy atom. The van der Waals surface area contributed by atoms with Gasteiger partial charge >= 0.3 is 0 Å². The summed E-state index contributed by atoms with van der Waals surface area (Å²) in [5.74, 6) is 0.305. The quantitative estimate of drug-likeness (QED) is 0.250. The highest BCUT2D eigenvalue weighted by molar-refractivity contribution is 6.46. The van der Waals surface area contributed by atoms with Crippen molar-refractivity contribution in [1.29, 1.82) is 0 Å². The molecule has 196 valence electrons. The Balaban J connectivity index is 1.52. The topological polar surface area (TPSA) is 96.3 Å². The lowest BCUT2D eigenvalue weighted by Gasteiger charge is -2.26. The van der Waals surface area contributed by atoms with E-state index in [1.807, 2.05) is 30.3 Å². The molecule has 2 N–H and O–H groups in total. The second-order valence-electron chi connectivity index (χ2n) is 10.1. The molecule has 0 aromatic heterocycles. The molecular weight excluding hydrogens is 482 g/mol. The van der Waals surface area contributed by atoms with E-state index in [4.69, 9.17) is 9.47 Å².